The van der Waals surface area contributed by atoms with Gasteiger partial charge in [-0.05, 0) is 68.1 Å². The maximum absolute atomic E-state index is 13.1. The van der Waals surface area contributed by atoms with Crippen molar-refractivity contribution in [2.75, 3.05) is 13.1 Å². The van der Waals surface area contributed by atoms with Crippen LogP contribution in [0.1, 0.15) is 48.4 Å². The van der Waals surface area contributed by atoms with Crippen molar-refractivity contribution in [3.63, 3.8) is 0 Å². The van der Waals surface area contributed by atoms with E-state index in [2.05, 4.69) is 34.5 Å². The van der Waals surface area contributed by atoms with Gasteiger partial charge in [-0.25, -0.2) is 4.39 Å². The maximum atomic E-state index is 13.1. The molecule has 1 unspecified atom stereocenters. The zero-order chi connectivity index (χ0) is 18.1. The molecule has 1 aliphatic carbocycles. The molecule has 1 aliphatic heterocycles. The van der Waals surface area contributed by atoms with E-state index in [-0.39, 0.29) is 29.7 Å². The molecule has 0 spiro atoms. The van der Waals surface area contributed by atoms with Crippen molar-refractivity contribution in [3.8, 4) is 0 Å². The number of amides is 1. The summed E-state index contributed by atoms with van der Waals surface area (Å²) < 4.78 is 13.1. The lowest BCUT2D eigenvalue weighted by Gasteiger charge is -2.31. The van der Waals surface area contributed by atoms with Crippen LogP contribution in [0.25, 0.3) is 0 Å². The lowest BCUT2D eigenvalue weighted by molar-refractivity contribution is -0.123. The second-order valence-electron chi connectivity index (χ2n) is 7.48. The molecule has 4 heteroatoms. The zero-order valence-electron chi connectivity index (χ0n) is 15.1. The highest BCUT2D eigenvalue weighted by Crippen LogP contribution is 2.38. The number of carbonyl (C=O) groups excluding carboxylic acids is 1. The van der Waals surface area contributed by atoms with Crippen molar-refractivity contribution in [1.29, 1.82) is 0 Å². The van der Waals surface area contributed by atoms with E-state index in [1.807, 2.05) is 6.92 Å². The van der Waals surface area contributed by atoms with Crippen molar-refractivity contribution in [3.05, 3.63) is 71.0 Å². The van der Waals surface area contributed by atoms with Crippen LogP contribution < -0.4 is 5.32 Å². The number of hydrogen-bond acceptors (Lipinski definition) is 2. The van der Waals surface area contributed by atoms with Crippen molar-refractivity contribution in [2.24, 2.45) is 0 Å². The van der Waals surface area contributed by atoms with Crippen LogP contribution in [0.4, 0.5) is 4.39 Å². The minimum atomic E-state index is -0.293. The van der Waals surface area contributed by atoms with Gasteiger partial charge < -0.3 is 5.32 Å². The number of rotatable bonds is 4. The van der Waals surface area contributed by atoms with Gasteiger partial charge in [-0.2, -0.15) is 0 Å². The molecule has 2 aromatic carbocycles. The molecule has 26 heavy (non-hydrogen) atoms. The predicted octanol–water partition coefficient (Wildman–Crippen LogP) is 3.81. The molecule has 4 rings (SSSR count). The van der Waals surface area contributed by atoms with Crippen molar-refractivity contribution in [2.45, 2.75) is 44.2 Å². The smallest absolute Gasteiger partial charge is 0.227 e. The van der Waals surface area contributed by atoms with E-state index in [4.69, 9.17) is 0 Å². The number of hydrogen-bond donors (Lipinski definition) is 1. The minimum Gasteiger partial charge on any atom is -0.351 e. The minimum absolute atomic E-state index is 0.0126. The first kappa shape index (κ1) is 17.2. The fourth-order valence-corrected chi connectivity index (χ4v) is 4.39. The highest BCUT2D eigenvalue weighted by Gasteiger charge is 2.38. The van der Waals surface area contributed by atoms with Crippen molar-refractivity contribution < 1.29 is 9.18 Å². The Morgan fingerprint density at radius 3 is 2.54 bits per heavy atom. The molecule has 0 saturated carbocycles. The van der Waals surface area contributed by atoms with Crippen molar-refractivity contribution >= 4 is 5.91 Å². The van der Waals surface area contributed by atoms with E-state index < -0.39 is 0 Å². The lowest BCUT2D eigenvalue weighted by Crippen LogP contribution is -2.45. The monoisotopic (exact) mass is 352 g/mol. The highest BCUT2D eigenvalue weighted by atomic mass is 19.1. The first-order valence-corrected chi connectivity index (χ1v) is 9.51. The molecule has 136 valence electrons. The molecular formula is C22H25FN2O. The van der Waals surface area contributed by atoms with Crippen LogP contribution in [0.3, 0.4) is 0 Å². The third-order valence-corrected chi connectivity index (χ3v) is 5.82. The molecule has 1 saturated heterocycles. The Morgan fingerprint density at radius 2 is 1.81 bits per heavy atom. The molecule has 2 aromatic rings. The largest absolute Gasteiger partial charge is 0.351 e. The average molecular weight is 352 g/mol. The van der Waals surface area contributed by atoms with E-state index >= 15 is 0 Å². The number of carbonyl (C=O) groups is 1. The van der Waals surface area contributed by atoms with Crippen LogP contribution in [-0.4, -0.2) is 29.9 Å². The van der Waals surface area contributed by atoms with Gasteiger partial charge in [0, 0.05) is 0 Å². The van der Waals surface area contributed by atoms with Crippen molar-refractivity contribution in [1.82, 2.24) is 10.2 Å². The molecule has 0 aromatic heterocycles. The van der Waals surface area contributed by atoms with Crippen LogP contribution >= 0.6 is 0 Å². The number of nitrogens with zero attached hydrogens (tertiary/aromatic N) is 1. The van der Waals surface area contributed by atoms with E-state index in [1.54, 1.807) is 12.1 Å². The van der Waals surface area contributed by atoms with E-state index in [0.717, 1.165) is 25.1 Å². The van der Waals surface area contributed by atoms with Gasteiger partial charge in [-0.15, -0.1) is 0 Å². The zero-order valence-corrected chi connectivity index (χ0v) is 15.1. The first-order valence-electron chi connectivity index (χ1n) is 9.51. The number of nitrogens with one attached hydrogen (secondary N) is 1. The number of benzene rings is 2. The predicted molar refractivity (Wildman–Crippen MR) is 100 cm³/mol. The quantitative estimate of drug-likeness (QED) is 0.908. The Hall–Kier alpha value is -2.20. The van der Waals surface area contributed by atoms with Crippen LogP contribution in [0.15, 0.2) is 48.5 Å². The molecule has 0 bridgehead atoms. The summed E-state index contributed by atoms with van der Waals surface area (Å²) in [6.07, 6.45) is 3.33. The normalized spacial score (nSPS) is 23.6. The third kappa shape index (κ3) is 3.26. The molecule has 1 fully saturated rings. The Morgan fingerprint density at radius 1 is 1.12 bits per heavy atom. The molecule has 1 amide bonds. The fourth-order valence-electron chi connectivity index (χ4n) is 4.39. The van der Waals surface area contributed by atoms with Gasteiger partial charge >= 0.3 is 0 Å². The summed E-state index contributed by atoms with van der Waals surface area (Å²) in [5.74, 6) is -0.557. The summed E-state index contributed by atoms with van der Waals surface area (Å²) in [5.41, 5.74) is 3.54. The van der Waals surface area contributed by atoms with E-state index in [0.29, 0.717) is 0 Å². The van der Waals surface area contributed by atoms with Gasteiger partial charge in [-0.3, -0.25) is 9.69 Å². The second-order valence-corrected chi connectivity index (χ2v) is 7.48. The third-order valence-electron chi connectivity index (χ3n) is 5.82. The average Bonchev–Trinajstić information content (AvgIpc) is 3.28. The van der Waals surface area contributed by atoms with Gasteiger partial charge in [0.25, 0.3) is 0 Å². The van der Waals surface area contributed by atoms with E-state index in [9.17, 15) is 9.18 Å². The SMILES string of the molecule is CC(C(=O)N[C@@H]1Cc2ccccc2[C@H]1N1CCCC1)c1ccc(F)cc1. The lowest BCUT2D eigenvalue weighted by atomic mass is 9.99. The van der Waals surface area contributed by atoms with Gasteiger partial charge in [0.1, 0.15) is 5.82 Å². The second kappa shape index (κ2) is 7.20. The summed E-state index contributed by atoms with van der Waals surface area (Å²) >= 11 is 0. The first-order chi connectivity index (χ1) is 12.6. The molecule has 3 atom stereocenters. The van der Waals surface area contributed by atoms with Gasteiger partial charge in [0.05, 0.1) is 18.0 Å². The van der Waals surface area contributed by atoms with Gasteiger partial charge in [0.15, 0.2) is 0 Å². The summed E-state index contributed by atoms with van der Waals surface area (Å²) in [6.45, 7) is 4.08. The molecule has 1 N–H and O–H groups in total. The standard InChI is InChI=1S/C22H25FN2O/c1-15(16-8-10-18(23)11-9-16)22(26)24-20-14-17-6-2-3-7-19(17)21(20)25-12-4-5-13-25/h2-3,6-11,15,20-21H,4-5,12-14H2,1H3,(H,24,26)/t15?,20-,21-/m1/s1. The van der Waals surface area contributed by atoms with Crippen LogP contribution in [0.5, 0.6) is 0 Å². The highest BCUT2D eigenvalue weighted by molar-refractivity contribution is 5.83. The molecule has 1 heterocycles. The Kier molecular flexibility index (Phi) is 4.77. The van der Waals surface area contributed by atoms with Crippen LogP contribution in [0.2, 0.25) is 0 Å². The van der Waals surface area contributed by atoms with Gasteiger partial charge in [-0.1, -0.05) is 36.4 Å². The summed E-state index contributed by atoms with van der Waals surface area (Å²) in [4.78, 5) is 15.4. The molecule has 3 nitrogen and oxygen atoms in total. The number of fused-ring (bicyclic) bond motifs is 1. The Bertz CT molecular complexity index is 783. The van der Waals surface area contributed by atoms with Crippen LogP contribution in [-0.2, 0) is 11.2 Å². The number of likely N-dealkylation sites (tertiary alicyclic amines) is 1. The topological polar surface area (TPSA) is 32.3 Å². The molecule has 0 radical (unpaired) electrons. The number of halogens is 1. The summed E-state index contributed by atoms with van der Waals surface area (Å²) in [7, 11) is 0. The summed E-state index contributed by atoms with van der Waals surface area (Å²) in [6, 6.07) is 15.1. The Balaban J connectivity index is 1.52. The summed E-state index contributed by atoms with van der Waals surface area (Å²) in [5, 5.41) is 3.29. The molecular weight excluding hydrogens is 327 g/mol. The fraction of sp³-hybridized carbons (Fsp3) is 0.409. The molecule has 2 aliphatic rings. The Labute approximate surface area is 154 Å². The van der Waals surface area contributed by atoms with Gasteiger partial charge in [0.2, 0.25) is 5.91 Å². The van der Waals surface area contributed by atoms with E-state index in [1.165, 1.54) is 36.1 Å². The maximum Gasteiger partial charge on any atom is 0.227 e. The van der Waals surface area contributed by atoms with Crippen LogP contribution in [0, 0.1) is 5.82 Å².